The summed E-state index contributed by atoms with van der Waals surface area (Å²) in [6.07, 6.45) is -0.298. The van der Waals surface area contributed by atoms with Gasteiger partial charge in [0.2, 0.25) is 0 Å². The summed E-state index contributed by atoms with van der Waals surface area (Å²) in [5.74, 6) is 1.26. The number of benzene rings is 3. The summed E-state index contributed by atoms with van der Waals surface area (Å²) in [6.45, 7) is 0.499. The molecule has 0 N–H and O–H groups in total. The summed E-state index contributed by atoms with van der Waals surface area (Å²) in [6, 6.07) is 17.8. The van der Waals surface area contributed by atoms with Crippen LogP contribution in [0.1, 0.15) is 11.1 Å². The second kappa shape index (κ2) is 9.81. The maximum atomic E-state index is 14.5. The first kappa shape index (κ1) is 22.5. The van der Waals surface area contributed by atoms with Crippen molar-refractivity contribution < 1.29 is 28.1 Å². The van der Waals surface area contributed by atoms with Crippen molar-refractivity contribution in [3.63, 3.8) is 0 Å². The molecule has 1 atom stereocenters. The van der Waals surface area contributed by atoms with E-state index in [1.807, 2.05) is 42.5 Å². The number of rotatable bonds is 7. The zero-order chi connectivity index (χ0) is 23.4. The van der Waals surface area contributed by atoms with Gasteiger partial charge in [-0.05, 0) is 23.8 Å². The van der Waals surface area contributed by atoms with Gasteiger partial charge in [-0.2, -0.15) is 0 Å². The fourth-order valence-electron chi connectivity index (χ4n) is 4.01. The Morgan fingerprint density at radius 1 is 1.06 bits per heavy atom. The predicted octanol–water partition coefficient (Wildman–Crippen LogP) is 5.08. The summed E-state index contributed by atoms with van der Waals surface area (Å²) in [5.41, 5.74) is 2.91. The number of fused-ring (bicyclic) bond motifs is 1. The van der Waals surface area contributed by atoms with Crippen LogP contribution in [0, 0.1) is 5.82 Å². The lowest BCUT2D eigenvalue weighted by Gasteiger charge is -2.21. The van der Waals surface area contributed by atoms with Crippen molar-refractivity contribution in [3.8, 4) is 28.4 Å². The van der Waals surface area contributed by atoms with Crippen LogP contribution in [-0.4, -0.2) is 44.9 Å². The van der Waals surface area contributed by atoms with E-state index in [0.717, 1.165) is 11.1 Å². The number of methoxy groups -OCH3 is 2. The summed E-state index contributed by atoms with van der Waals surface area (Å²) in [5, 5.41) is 0. The predicted molar refractivity (Wildman–Crippen MR) is 122 cm³/mol. The maximum Gasteiger partial charge on any atom is 0.409 e. The molecule has 1 aliphatic rings. The standard InChI is InChI=1S/C26H26FNO5/c1-28(26(29)32-16-17-8-5-4-6-9-17)15-20-13-18-12-19(27)14-22(24(18)33-20)21-10-7-11-23(30-2)25(21)31-3/h4-12,14,20H,13,15-16H2,1-3H3. The molecule has 6 nitrogen and oxygen atoms in total. The Hall–Kier alpha value is -3.74. The van der Waals surface area contributed by atoms with Crippen LogP contribution in [0.25, 0.3) is 11.1 Å². The van der Waals surface area contributed by atoms with Crippen LogP contribution in [0.5, 0.6) is 17.2 Å². The van der Waals surface area contributed by atoms with E-state index in [-0.39, 0.29) is 18.5 Å². The van der Waals surface area contributed by atoms with Gasteiger partial charge in [-0.15, -0.1) is 0 Å². The smallest absolute Gasteiger partial charge is 0.409 e. The van der Waals surface area contributed by atoms with Crippen molar-refractivity contribution in [3.05, 3.63) is 77.6 Å². The Labute approximate surface area is 192 Å². The average molecular weight is 451 g/mol. The summed E-state index contributed by atoms with van der Waals surface area (Å²) in [4.78, 5) is 13.9. The Balaban J connectivity index is 1.49. The number of ether oxygens (including phenoxy) is 4. The van der Waals surface area contributed by atoms with Gasteiger partial charge in [0.05, 0.1) is 20.8 Å². The Morgan fingerprint density at radius 2 is 1.85 bits per heavy atom. The number of halogens is 1. The van der Waals surface area contributed by atoms with Gasteiger partial charge in [0.1, 0.15) is 24.3 Å². The van der Waals surface area contributed by atoms with Crippen molar-refractivity contribution >= 4 is 6.09 Å². The molecule has 3 aromatic carbocycles. The molecule has 1 unspecified atom stereocenters. The lowest BCUT2D eigenvalue weighted by Crippen LogP contribution is -2.36. The molecule has 1 aliphatic heterocycles. The number of hydrogen-bond acceptors (Lipinski definition) is 5. The third kappa shape index (κ3) is 4.87. The Bertz CT molecular complexity index is 1140. The van der Waals surface area contributed by atoms with E-state index in [0.29, 0.717) is 41.3 Å². The van der Waals surface area contributed by atoms with Crippen molar-refractivity contribution in [2.75, 3.05) is 27.8 Å². The molecule has 4 rings (SSSR count). The molecule has 3 aromatic rings. The summed E-state index contributed by atoms with van der Waals surface area (Å²) >= 11 is 0. The highest BCUT2D eigenvalue weighted by atomic mass is 19.1. The number of carbonyl (C=O) groups excluding carboxylic acids is 1. The number of hydrogen-bond donors (Lipinski definition) is 0. The minimum Gasteiger partial charge on any atom is -0.493 e. The van der Waals surface area contributed by atoms with Crippen molar-refractivity contribution in [2.45, 2.75) is 19.1 Å². The molecular weight excluding hydrogens is 425 g/mol. The van der Waals surface area contributed by atoms with Gasteiger partial charge in [-0.25, -0.2) is 9.18 Å². The topological polar surface area (TPSA) is 57.2 Å². The monoisotopic (exact) mass is 451 g/mol. The maximum absolute atomic E-state index is 14.5. The molecule has 1 heterocycles. The largest absolute Gasteiger partial charge is 0.493 e. The third-order valence-corrected chi connectivity index (χ3v) is 5.55. The molecule has 172 valence electrons. The van der Waals surface area contributed by atoms with Gasteiger partial charge in [-0.3, -0.25) is 0 Å². The zero-order valence-corrected chi connectivity index (χ0v) is 18.8. The van der Waals surface area contributed by atoms with Crippen molar-refractivity contribution in [1.29, 1.82) is 0 Å². The first-order valence-electron chi connectivity index (χ1n) is 10.6. The Morgan fingerprint density at radius 3 is 2.58 bits per heavy atom. The van der Waals surface area contributed by atoms with Crippen LogP contribution in [0.15, 0.2) is 60.7 Å². The normalized spacial score (nSPS) is 14.2. The Kier molecular flexibility index (Phi) is 6.68. The molecule has 0 radical (unpaired) electrons. The second-order valence-corrected chi connectivity index (χ2v) is 7.85. The zero-order valence-electron chi connectivity index (χ0n) is 18.8. The quantitative estimate of drug-likeness (QED) is 0.501. The van der Waals surface area contributed by atoms with E-state index in [1.54, 1.807) is 27.3 Å². The number of nitrogens with zero attached hydrogens (tertiary/aromatic N) is 1. The molecule has 0 saturated carbocycles. The average Bonchev–Trinajstić information content (AvgIpc) is 3.23. The number of carbonyl (C=O) groups is 1. The van der Waals surface area contributed by atoms with Crippen LogP contribution in [0.2, 0.25) is 0 Å². The van der Waals surface area contributed by atoms with Crippen LogP contribution in [0.4, 0.5) is 9.18 Å². The first-order chi connectivity index (χ1) is 16.0. The lowest BCUT2D eigenvalue weighted by molar-refractivity contribution is 0.0895. The van der Waals surface area contributed by atoms with Crippen molar-refractivity contribution in [1.82, 2.24) is 4.90 Å². The second-order valence-electron chi connectivity index (χ2n) is 7.85. The van der Waals surface area contributed by atoms with E-state index in [4.69, 9.17) is 18.9 Å². The number of amides is 1. The molecule has 0 saturated heterocycles. The van der Waals surface area contributed by atoms with Crippen LogP contribution < -0.4 is 14.2 Å². The molecular formula is C26H26FNO5. The van der Waals surface area contributed by atoms with Crippen molar-refractivity contribution in [2.24, 2.45) is 0 Å². The number of likely N-dealkylation sites (N-methyl/N-ethyl adjacent to an activating group) is 1. The minimum atomic E-state index is -0.445. The van der Waals surface area contributed by atoms with Crippen LogP contribution in [-0.2, 0) is 17.8 Å². The third-order valence-electron chi connectivity index (χ3n) is 5.55. The van der Waals surface area contributed by atoms with E-state index < -0.39 is 6.09 Å². The van der Waals surface area contributed by atoms with Crippen LogP contribution >= 0.6 is 0 Å². The van der Waals surface area contributed by atoms with Crippen LogP contribution in [0.3, 0.4) is 0 Å². The SMILES string of the molecule is COc1cccc(-c2cc(F)cc3c2OC(CN(C)C(=O)OCc2ccccc2)C3)c1OC. The molecule has 0 aliphatic carbocycles. The molecule has 33 heavy (non-hydrogen) atoms. The molecule has 0 spiro atoms. The highest BCUT2D eigenvalue weighted by Gasteiger charge is 2.30. The van der Waals surface area contributed by atoms with Gasteiger partial charge < -0.3 is 23.8 Å². The fourth-order valence-corrected chi connectivity index (χ4v) is 4.01. The molecule has 1 amide bonds. The number of para-hydroxylation sites is 1. The van der Waals surface area contributed by atoms with E-state index in [2.05, 4.69) is 0 Å². The van der Waals surface area contributed by atoms with E-state index >= 15 is 0 Å². The highest BCUT2D eigenvalue weighted by molar-refractivity contribution is 5.80. The molecule has 0 aromatic heterocycles. The lowest BCUT2D eigenvalue weighted by atomic mass is 9.99. The van der Waals surface area contributed by atoms with E-state index in [1.165, 1.54) is 17.0 Å². The molecule has 0 bridgehead atoms. The fraction of sp³-hybridized carbons (Fsp3) is 0.269. The van der Waals surface area contributed by atoms with Gasteiger partial charge >= 0.3 is 6.09 Å². The van der Waals surface area contributed by atoms with Gasteiger partial charge in [0.15, 0.2) is 11.5 Å². The van der Waals surface area contributed by atoms with E-state index in [9.17, 15) is 9.18 Å². The first-order valence-corrected chi connectivity index (χ1v) is 10.6. The summed E-state index contributed by atoms with van der Waals surface area (Å²) in [7, 11) is 4.75. The van der Waals surface area contributed by atoms with Gasteiger partial charge in [0, 0.05) is 30.2 Å². The molecule has 7 heteroatoms. The van der Waals surface area contributed by atoms with Gasteiger partial charge in [-0.1, -0.05) is 42.5 Å². The minimum absolute atomic E-state index is 0.195. The summed E-state index contributed by atoms with van der Waals surface area (Å²) < 4.78 is 37.0. The van der Waals surface area contributed by atoms with Gasteiger partial charge in [0.25, 0.3) is 0 Å². The highest BCUT2D eigenvalue weighted by Crippen LogP contribution is 2.45. The molecule has 0 fully saturated rings.